The molecule has 0 amide bonds. The van der Waals surface area contributed by atoms with Crippen molar-refractivity contribution in [2.24, 2.45) is 0 Å². The van der Waals surface area contributed by atoms with Gasteiger partial charge in [-0.15, -0.1) is 0 Å². The van der Waals surface area contributed by atoms with Crippen molar-refractivity contribution in [1.29, 1.82) is 0 Å². The van der Waals surface area contributed by atoms with Gasteiger partial charge in [-0.2, -0.15) is 0 Å². The minimum absolute atomic E-state index is 0.925. The topological polar surface area (TPSA) is 30.4 Å². The van der Waals surface area contributed by atoms with Crippen molar-refractivity contribution < 1.29 is 4.42 Å². The summed E-state index contributed by atoms with van der Waals surface area (Å²) in [4.78, 5) is 5.87. The van der Waals surface area contributed by atoms with Crippen molar-refractivity contribution in [3.63, 3.8) is 0 Å². The van der Waals surface area contributed by atoms with Crippen molar-refractivity contribution in [2.45, 2.75) is 0 Å². The molecular formula is C25H14N2OS. The average molecular weight is 390 g/mol. The second-order valence-electron chi connectivity index (χ2n) is 7.28. The van der Waals surface area contributed by atoms with E-state index in [1.807, 2.05) is 18.2 Å². The van der Waals surface area contributed by atoms with E-state index < -0.39 is 0 Å². The summed E-state index contributed by atoms with van der Waals surface area (Å²) < 4.78 is 9.53. The maximum Gasteiger partial charge on any atom is 0.195 e. The van der Waals surface area contributed by atoms with Gasteiger partial charge in [-0.25, -0.2) is 4.98 Å². The molecule has 0 bridgehead atoms. The molecule has 0 aliphatic heterocycles. The van der Waals surface area contributed by atoms with Gasteiger partial charge in [-0.1, -0.05) is 59.9 Å². The molecule has 29 heavy (non-hydrogen) atoms. The smallest absolute Gasteiger partial charge is 0.195 e. The van der Waals surface area contributed by atoms with Crippen LogP contribution in [0, 0.1) is 0 Å². The monoisotopic (exact) mass is 390 g/mol. The first kappa shape index (κ1) is 15.3. The Hall–Kier alpha value is -3.63. The predicted molar refractivity (Wildman–Crippen MR) is 121 cm³/mol. The van der Waals surface area contributed by atoms with Gasteiger partial charge in [0.1, 0.15) is 11.2 Å². The summed E-state index contributed by atoms with van der Waals surface area (Å²) in [5.74, 6) is 0. The molecule has 0 aliphatic carbocycles. The molecule has 3 heterocycles. The van der Waals surface area contributed by atoms with Gasteiger partial charge < -0.3 is 4.42 Å². The molecule has 0 saturated carbocycles. The third-order valence-electron chi connectivity index (χ3n) is 5.65. The Balaban J connectivity index is 1.55. The minimum Gasteiger partial charge on any atom is -0.456 e. The highest BCUT2D eigenvalue weighted by molar-refractivity contribution is 7.24. The SMILES string of the molecule is c1ccc2c(c1)nc1sc3c(-c4ccc5oc6ccccc6c5c4)cccc3n12. The van der Waals surface area contributed by atoms with Gasteiger partial charge in [0.15, 0.2) is 4.96 Å². The Morgan fingerprint density at radius 2 is 1.55 bits per heavy atom. The van der Waals surface area contributed by atoms with Crippen LogP contribution in [0.25, 0.3) is 59.3 Å². The summed E-state index contributed by atoms with van der Waals surface area (Å²) in [7, 11) is 0. The molecule has 136 valence electrons. The van der Waals surface area contributed by atoms with Gasteiger partial charge in [-0.05, 0) is 42.0 Å². The van der Waals surface area contributed by atoms with Crippen molar-refractivity contribution in [1.82, 2.24) is 9.38 Å². The van der Waals surface area contributed by atoms with E-state index >= 15 is 0 Å². The van der Waals surface area contributed by atoms with E-state index in [0.717, 1.165) is 37.9 Å². The molecule has 0 atom stereocenters. The molecule has 0 fully saturated rings. The van der Waals surface area contributed by atoms with Crippen LogP contribution in [0.5, 0.6) is 0 Å². The van der Waals surface area contributed by atoms with E-state index in [0.29, 0.717) is 0 Å². The molecule has 4 aromatic carbocycles. The zero-order valence-electron chi connectivity index (χ0n) is 15.3. The Morgan fingerprint density at radius 1 is 0.724 bits per heavy atom. The lowest BCUT2D eigenvalue weighted by atomic mass is 10.0. The Bertz CT molecular complexity index is 1720. The number of benzene rings is 4. The Kier molecular flexibility index (Phi) is 2.88. The summed E-state index contributed by atoms with van der Waals surface area (Å²) in [5.41, 5.74) is 7.68. The highest BCUT2D eigenvalue weighted by atomic mass is 32.1. The third kappa shape index (κ3) is 2.04. The number of rotatable bonds is 1. The number of para-hydroxylation sites is 3. The van der Waals surface area contributed by atoms with Gasteiger partial charge in [-0.3, -0.25) is 4.40 Å². The number of nitrogens with zero attached hydrogens (tertiary/aromatic N) is 2. The normalized spacial score (nSPS) is 12.1. The summed E-state index contributed by atoms with van der Waals surface area (Å²) >= 11 is 1.75. The highest BCUT2D eigenvalue weighted by Gasteiger charge is 2.15. The molecule has 0 N–H and O–H groups in total. The Labute approximate surface area is 169 Å². The minimum atomic E-state index is 0.925. The van der Waals surface area contributed by atoms with E-state index in [9.17, 15) is 0 Å². The van der Waals surface area contributed by atoms with E-state index in [1.54, 1.807) is 11.3 Å². The number of fused-ring (bicyclic) bond motifs is 8. The van der Waals surface area contributed by atoms with Crippen molar-refractivity contribution in [3.05, 3.63) is 84.9 Å². The predicted octanol–water partition coefficient (Wildman–Crippen LogP) is 7.27. The molecule has 0 spiro atoms. The molecule has 7 aromatic rings. The summed E-state index contributed by atoms with van der Waals surface area (Å²) in [6, 6.07) is 29.5. The molecule has 3 aromatic heterocycles. The van der Waals surface area contributed by atoms with Gasteiger partial charge in [0.2, 0.25) is 0 Å². The molecular weight excluding hydrogens is 376 g/mol. The molecule has 0 radical (unpaired) electrons. The maximum atomic E-state index is 6.00. The number of aromatic nitrogens is 2. The molecule has 0 unspecified atom stereocenters. The molecule has 0 saturated heterocycles. The number of furan rings is 1. The average Bonchev–Trinajstić information content (AvgIpc) is 3.42. The first-order valence-electron chi connectivity index (χ1n) is 9.57. The van der Waals surface area contributed by atoms with Crippen LogP contribution in [0.15, 0.2) is 89.3 Å². The number of imidazole rings is 1. The van der Waals surface area contributed by atoms with Crippen molar-refractivity contribution in [3.8, 4) is 11.1 Å². The second kappa shape index (κ2) is 5.46. The number of hydrogen-bond acceptors (Lipinski definition) is 3. The van der Waals surface area contributed by atoms with Crippen LogP contribution in [0.4, 0.5) is 0 Å². The van der Waals surface area contributed by atoms with Crippen LogP contribution in [0.2, 0.25) is 0 Å². The number of thiazole rings is 1. The fourth-order valence-electron chi connectivity index (χ4n) is 4.33. The summed E-state index contributed by atoms with van der Waals surface area (Å²) in [6.45, 7) is 0. The lowest BCUT2D eigenvalue weighted by Crippen LogP contribution is -1.82. The van der Waals surface area contributed by atoms with Crippen LogP contribution in [0.3, 0.4) is 0 Å². The van der Waals surface area contributed by atoms with Crippen LogP contribution in [0.1, 0.15) is 0 Å². The maximum absolute atomic E-state index is 6.00. The van der Waals surface area contributed by atoms with Gasteiger partial charge in [0.25, 0.3) is 0 Å². The molecule has 3 nitrogen and oxygen atoms in total. The van der Waals surface area contributed by atoms with Crippen LogP contribution in [-0.2, 0) is 0 Å². The zero-order valence-corrected chi connectivity index (χ0v) is 16.1. The third-order valence-corrected chi connectivity index (χ3v) is 6.74. The fraction of sp³-hybridized carbons (Fsp3) is 0. The van der Waals surface area contributed by atoms with E-state index in [1.165, 1.54) is 21.3 Å². The largest absolute Gasteiger partial charge is 0.456 e. The lowest BCUT2D eigenvalue weighted by molar-refractivity contribution is 0.669. The van der Waals surface area contributed by atoms with E-state index in [4.69, 9.17) is 9.40 Å². The van der Waals surface area contributed by atoms with Crippen molar-refractivity contribution >= 4 is 59.5 Å². The first-order chi connectivity index (χ1) is 14.4. The van der Waals surface area contributed by atoms with Crippen molar-refractivity contribution in [2.75, 3.05) is 0 Å². The van der Waals surface area contributed by atoms with Crippen LogP contribution in [-0.4, -0.2) is 9.38 Å². The van der Waals surface area contributed by atoms with Gasteiger partial charge >= 0.3 is 0 Å². The van der Waals surface area contributed by atoms with E-state index in [2.05, 4.69) is 71.1 Å². The first-order valence-corrected chi connectivity index (χ1v) is 10.4. The lowest BCUT2D eigenvalue weighted by Gasteiger charge is -2.04. The van der Waals surface area contributed by atoms with Gasteiger partial charge in [0, 0.05) is 16.3 Å². The molecule has 7 rings (SSSR count). The number of hydrogen-bond donors (Lipinski definition) is 0. The quantitative estimate of drug-likeness (QED) is 0.295. The molecule has 4 heteroatoms. The van der Waals surface area contributed by atoms with E-state index in [-0.39, 0.29) is 0 Å². The standard InChI is InChI=1S/C25H14N2OS/c1-4-11-22-17(6-1)18-14-15(12-13-23(18)28-22)16-7-5-10-21-24(16)29-25-26-19-8-2-3-9-20(19)27(21)25/h1-14H. The Morgan fingerprint density at radius 3 is 2.55 bits per heavy atom. The highest BCUT2D eigenvalue weighted by Crippen LogP contribution is 2.39. The van der Waals surface area contributed by atoms with Gasteiger partial charge in [0.05, 0.1) is 21.3 Å². The summed E-state index contributed by atoms with van der Waals surface area (Å²) in [6.07, 6.45) is 0. The molecule has 0 aliphatic rings. The fourth-order valence-corrected chi connectivity index (χ4v) is 5.50. The second-order valence-corrected chi connectivity index (χ2v) is 8.26. The summed E-state index contributed by atoms with van der Waals surface area (Å²) in [5, 5.41) is 2.31. The van der Waals surface area contributed by atoms with Crippen LogP contribution < -0.4 is 0 Å². The zero-order chi connectivity index (χ0) is 18.9. The van der Waals surface area contributed by atoms with Crippen LogP contribution >= 0.6 is 11.3 Å².